The van der Waals surface area contributed by atoms with E-state index in [0.29, 0.717) is 4.88 Å². The summed E-state index contributed by atoms with van der Waals surface area (Å²) in [5, 5.41) is 0.975. The van der Waals surface area contributed by atoms with E-state index >= 15 is 0 Å². The van der Waals surface area contributed by atoms with Gasteiger partial charge in [0.05, 0.1) is 14.1 Å². The second-order valence-electron chi connectivity index (χ2n) is 3.79. The summed E-state index contributed by atoms with van der Waals surface area (Å²) in [7, 11) is -3.81. The van der Waals surface area contributed by atoms with E-state index in [1.54, 1.807) is 36.4 Å². The van der Waals surface area contributed by atoms with E-state index < -0.39 is 15.9 Å². The molecule has 0 atom stereocenters. The SMILES string of the molecule is O=C(NS(=O)(=O)/C=C/c1ccccc1)c1ccc(Br)s1. The number of thiophene rings is 1. The minimum Gasteiger partial charge on any atom is -0.267 e. The Hall–Kier alpha value is -1.44. The number of nitrogens with one attached hydrogen (secondary N) is 1. The third-order valence-corrected chi connectivity index (χ3v) is 4.86. The zero-order chi connectivity index (χ0) is 14.6. The Balaban J connectivity index is 2.08. The van der Waals surface area contributed by atoms with Crippen LogP contribution in [0.5, 0.6) is 0 Å². The highest BCUT2D eigenvalue weighted by atomic mass is 79.9. The fraction of sp³-hybridized carbons (Fsp3) is 0. The van der Waals surface area contributed by atoms with E-state index in [4.69, 9.17) is 0 Å². The third kappa shape index (κ3) is 4.29. The fourth-order valence-corrected chi connectivity index (χ4v) is 3.50. The van der Waals surface area contributed by atoms with Gasteiger partial charge in [-0.1, -0.05) is 30.3 Å². The first-order valence-electron chi connectivity index (χ1n) is 5.52. The van der Waals surface area contributed by atoms with Crippen LogP contribution in [0.25, 0.3) is 6.08 Å². The van der Waals surface area contributed by atoms with E-state index in [-0.39, 0.29) is 0 Å². The standard InChI is InChI=1S/C13H10BrNO3S2/c14-12-7-6-11(19-12)13(16)15-20(17,18)9-8-10-4-2-1-3-5-10/h1-9H,(H,15,16)/b9-8+. The molecule has 0 saturated heterocycles. The topological polar surface area (TPSA) is 63.2 Å². The van der Waals surface area contributed by atoms with Crippen LogP contribution in [-0.2, 0) is 10.0 Å². The van der Waals surface area contributed by atoms with Gasteiger partial charge in [-0.25, -0.2) is 13.1 Å². The van der Waals surface area contributed by atoms with Crippen molar-refractivity contribution < 1.29 is 13.2 Å². The zero-order valence-electron chi connectivity index (χ0n) is 10.1. The first-order valence-corrected chi connectivity index (χ1v) is 8.67. The van der Waals surface area contributed by atoms with Crippen molar-refractivity contribution in [1.29, 1.82) is 0 Å². The van der Waals surface area contributed by atoms with Gasteiger partial charge >= 0.3 is 0 Å². The van der Waals surface area contributed by atoms with Crippen LogP contribution in [0.15, 0.2) is 51.7 Å². The highest BCUT2D eigenvalue weighted by Crippen LogP contribution is 2.22. The molecule has 0 unspecified atom stereocenters. The molecule has 104 valence electrons. The Bertz CT molecular complexity index is 736. The van der Waals surface area contributed by atoms with Gasteiger partial charge in [0.2, 0.25) is 0 Å². The number of rotatable bonds is 4. The Kier molecular flexibility index (Phi) is 4.74. The van der Waals surface area contributed by atoms with Crippen molar-refractivity contribution >= 4 is 49.3 Å². The molecule has 7 heteroatoms. The molecule has 0 aliphatic rings. The molecule has 0 spiro atoms. The molecule has 1 N–H and O–H groups in total. The molecule has 2 aromatic rings. The predicted octanol–water partition coefficient (Wildman–Crippen LogP) is 3.24. The zero-order valence-corrected chi connectivity index (χ0v) is 13.3. The summed E-state index contributed by atoms with van der Waals surface area (Å²) in [5.41, 5.74) is 0.740. The van der Waals surface area contributed by atoms with E-state index in [1.165, 1.54) is 17.4 Å². The minimum atomic E-state index is -3.81. The molecule has 0 aliphatic carbocycles. The number of amides is 1. The molecule has 0 fully saturated rings. The van der Waals surface area contributed by atoms with Crippen LogP contribution in [0.4, 0.5) is 0 Å². The Morgan fingerprint density at radius 3 is 2.45 bits per heavy atom. The number of carbonyl (C=O) groups excluding carboxylic acids is 1. The molecule has 4 nitrogen and oxygen atoms in total. The van der Waals surface area contributed by atoms with Gasteiger partial charge in [0.25, 0.3) is 15.9 Å². The second-order valence-corrected chi connectivity index (χ2v) is 7.82. The van der Waals surface area contributed by atoms with Crippen LogP contribution in [0, 0.1) is 0 Å². The number of halogens is 1. The van der Waals surface area contributed by atoms with Crippen LogP contribution in [0.1, 0.15) is 15.2 Å². The monoisotopic (exact) mass is 371 g/mol. The van der Waals surface area contributed by atoms with Crippen LogP contribution in [0.3, 0.4) is 0 Å². The van der Waals surface area contributed by atoms with Gasteiger partial charge in [-0.05, 0) is 39.7 Å². The van der Waals surface area contributed by atoms with Gasteiger partial charge < -0.3 is 0 Å². The maximum Gasteiger partial charge on any atom is 0.275 e. The molecule has 0 saturated carbocycles. The number of benzene rings is 1. The largest absolute Gasteiger partial charge is 0.275 e. The second kappa shape index (κ2) is 6.34. The predicted molar refractivity (Wildman–Crippen MR) is 83.9 cm³/mol. The molecule has 2 rings (SSSR count). The van der Waals surface area contributed by atoms with Gasteiger partial charge in [-0.2, -0.15) is 0 Å². The smallest absolute Gasteiger partial charge is 0.267 e. The van der Waals surface area contributed by atoms with Crippen molar-refractivity contribution in [2.75, 3.05) is 0 Å². The third-order valence-electron chi connectivity index (χ3n) is 2.27. The van der Waals surface area contributed by atoms with Gasteiger partial charge in [0.15, 0.2) is 0 Å². The maximum absolute atomic E-state index is 11.8. The quantitative estimate of drug-likeness (QED) is 0.896. The lowest BCUT2D eigenvalue weighted by atomic mass is 10.2. The van der Waals surface area contributed by atoms with Gasteiger partial charge in [-0.3, -0.25) is 4.79 Å². The van der Waals surface area contributed by atoms with Crippen molar-refractivity contribution in [3.05, 3.63) is 62.1 Å². The lowest BCUT2D eigenvalue weighted by Crippen LogP contribution is -2.28. The number of sulfonamides is 1. The molecule has 1 aromatic carbocycles. The Morgan fingerprint density at radius 2 is 1.85 bits per heavy atom. The highest BCUT2D eigenvalue weighted by Gasteiger charge is 2.14. The molecule has 0 aliphatic heterocycles. The number of hydrogen-bond acceptors (Lipinski definition) is 4. The average Bonchev–Trinajstić information content (AvgIpc) is 2.84. The van der Waals surface area contributed by atoms with Crippen LogP contribution >= 0.6 is 27.3 Å². The van der Waals surface area contributed by atoms with Crippen LogP contribution in [0.2, 0.25) is 0 Å². The van der Waals surface area contributed by atoms with Crippen molar-refractivity contribution in [3.63, 3.8) is 0 Å². The Labute approximate surface area is 129 Å². The Morgan fingerprint density at radius 1 is 1.15 bits per heavy atom. The summed E-state index contributed by atoms with van der Waals surface area (Å²) in [4.78, 5) is 12.1. The summed E-state index contributed by atoms with van der Waals surface area (Å²) >= 11 is 4.38. The lowest BCUT2D eigenvalue weighted by Gasteiger charge is -2.00. The average molecular weight is 372 g/mol. The summed E-state index contributed by atoms with van der Waals surface area (Å²) < 4.78 is 26.3. The van der Waals surface area contributed by atoms with E-state index in [9.17, 15) is 13.2 Å². The molecule has 1 heterocycles. The maximum atomic E-state index is 11.8. The molecule has 0 bridgehead atoms. The molecule has 1 amide bonds. The normalized spacial score (nSPS) is 11.7. The summed E-state index contributed by atoms with van der Waals surface area (Å²) in [5.74, 6) is -0.640. The molecule has 20 heavy (non-hydrogen) atoms. The number of carbonyl (C=O) groups is 1. The van der Waals surface area contributed by atoms with E-state index in [2.05, 4.69) is 15.9 Å². The van der Waals surface area contributed by atoms with E-state index in [1.807, 2.05) is 10.8 Å². The molecular formula is C13H10BrNO3S2. The van der Waals surface area contributed by atoms with Gasteiger partial charge in [-0.15, -0.1) is 11.3 Å². The van der Waals surface area contributed by atoms with E-state index in [0.717, 1.165) is 14.8 Å². The summed E-state index contributed by atoms with van der Waals surface area (Å²) in [6.45, 7) is 0. The van der Waals surface area contributed by atoms with Crippen molar-refractivity contribution in [2.24, 2.45) is 0 Å². The lowest BCUT2D eigenvalue weighted by molar-refractivity contribution is 0.0986. The van der Waals surface area contributed by atoms with Gasteiger partial charge in [0.1, 0.15) is 0 Å². The van der Waals surface area contributed by atoms with Crippen molar-refractivity contribution in [2.45, 2.75) is 0 Å². The van der Waals surface area contributed by atoms with Crippen molar-refractivity contribution in [3.8, 4) is 0 Å². The summed E-state index contributed by atoms with van der Waals surface area (Å²) in [6, 6.07) is 12.2. The first-order chi connectivity index (χ1) is 9.46. The first kappa shape index (κ1) is 15.0. The summed E-state index contributed by atoms with van der Waals surface area (Å²) in [6.07, 6.45) is 1.43. The van der Waals surface area contributed by atoms with Crippen LogP contribution < -0.4 is 4.72 Å². The molecule has 0 radical (unpaired) electrons. The van der Waals surface area contributed by atoms with Crippen LogP contribution in [-0.4, -0.2) is 14.3 Å². The van der Waals surface area contributed by atoms with Crippen molar-refractivity contribution in [1.82, 2.24) is 4.72 Å². The fourth-order valence-electron chi connectivity index (χ4n) is 1.38. The van der Waals surface area contributed by atoms with Gasteiger partial charge in [0, 0.05) is 0 Å². The number of hydrogen-bond donors (Lipinski definition) is 1. The minimum absolute atomic E-state index is 0.327. The molecule has 1 aromatic heterocycles. The molecular weight excluding hydrogens is 362 g/mol. The highest BCUT2D eigenvalue weighted by molar-refractivity contribution is 9.11.